The van der Waals surface area contributed by atoms with Crippen molar-refractivity contribution < 1.29 is 9.13 Å². The van der Waals surface area contributed by atoms with E-state index in [1.807, 2.05) is 20.0 Å². The predicted molar refractivity (Wildman–Crippen MR) is 75.9 cm³/mol. The molecule has 0 aliphatic rings. The van der Waals surface area contributed by atoms with Crippen molar-refractivity contribution in [2.75, 3.05) is 37.4 Å². The summed E-state index contributed by atoms with van der Waals surface area (Å²) in [4.78, 5) is 6.05. The Kier molecular flexibility index (Phi) is 4.16. The van der Waals surface area contributed by atoms with Crippen LogP contribution in [-0.2, 0) is 4.74 Å². The molecule has 0 saturated carbocycles. The average molecular weight is 263 g/mol. The van der Waals surface area contributed by atoms with Crippen LogP contribution in [-0.4, -0.2) is 31.8 Å². The van der Waals surface area contributed by atoms with Gasteiger partial charge in [0, 0.05) is 37.5 Å². The van der Waals surface area contributed by atoms with Crippen LogP contribution in [0.5, 0.6) is 0 Å². The monoisotopic (exact) mass is 263 g/mol. The predicted octanol–water partition coefficient (Wildman–Crippen LogP) is 2.43. The zero-order valence-electron chi connectivity index (χ0n) is 11.2. The number of pyridine rings is 1. The molecule has 102 valence electrons. The maximum absolute atomic E-state index is 14.1. The van der Waals surface area contributed by atoms with E-state index in [1.165, 1.54) is 6.07 Å². The van der Waals surface area contributed by atoms with E-state index in [0.29, 0.717) is 36.6 Å². The van der Waals surface area contributed by atoms with Crippen LogP contribution >= 0.6 is 0 Å². The van der Waals surface area contributed by atoms with E-state index >= 15 is 0 Å². The second-order valence-corrected chi connectivity index (χ2v) is 4.31. The number of fused-ring (bicyclic) bond motifs is 1. The minimum atomic E-state index is -0.359. The highest BCUT2D eigenvalue weighted by atomic mass is 19.1. The molecule has 2 aromatic rings. The Morgan fingerprint density at radius 1 is 1.47 bits per heavy atom. The van der Waals surface area contributed by atoms with E-state index < -0.39 is 0 Å². The zero-order chi connectivity index (χ0) is 13.8. The summed E-state index contributed by atoms with van der Waals surface area (Å²) in [5.41, 5.74) is 7.27. The standard InChI is InChI=1S/C14H18FN3O/c1-3-19-8-7-18(2)14-11(15)9-12(16)10-5-4-6-17-13(10)14/h4-6,9H,3,7-8,16H2,1-2H3. The van der Waals surface area contributed by atoms with Crippen LogP contribution in [0, 0.1) is 5.82 Å². The number of aromatic nitrogens is 1. The topological polar surface area (TPSA) is 51.4 Å². The van der Waals surface area contributed by atoms with Crippen LogP contribution in [0.4, 0.5) is 15.8 Å². The van der Waals surface area contributed by atoms with Gasteiger partial charge in [-0.05, 0) is 25.1 Å². The first kappa shape index (κ1) is 13.5. The van der Waals surface area contributed by atoms with Crippen molar-refractivity contribution >= 4 is 22.3 Å². The number of halogens is 1. The molecule has 0 amide bonds. The van der Waals surface area contributed by atoms with Gasteiger partial charge in [0.05, 0.1) is 17.8 Å². The molecular weight excluding hydrogens is 245 g/mol. The fourth-order valence-corrected chi connectivity index (χ4v) is 2.04. The number of hydrogen-bond donors (Lipinski definition) is 1. The van der Waals surface area contributed by atoms with Gasteiger partial charge in [-0.3, -0.25) is 4.98 Å². The summed E-state index contributed by atoms with van der Waals surface area (Å²) in [7, 11) is 1.82. The Bertz CT molecular complexity index is 574. The third kappa shape index (κ3) is 2.76. The first-order valence-corrected chi connectivity index (χ1v) is 6.26. The molecule has 0 radical (unpaired) electrons. The van der Waals surface area contributed by atoms with Gasteiger partial charge in [-0.1, -0.05) is 0 Å². The minimum absolute atomic E-state index is 0.359. The summed E-state index contributed by atoms with van der Waals surface area (Å²) in [5, 5.41) is 0.766. The van der Waals surface area contributed by atoms with Gasteiger partial charge in [0.25, 0.3) is 0 Å². The maximum Gasteiger partial charge on any atom is 0.150 e. The number of likely N-dealkylation sites (N-methyl/N-ethyl adjacent to an activating group) is 1. The van der Waals surface area contributed by atoms with Gasteiger partial charge in [-0.2, -0.15) is 0 Å². The molecule has 1 aromatic heterocycles. The molecule has 0 aliphatic heterocycles. The van der Waals surface area contributed by atoms with Crippen molar-refractivity contribution in [3.05, 3.63) is 30.2 Å². The average Bonchev–Trinajstić information content (AvgIpc) is 2.39. The molecule has 0 aliphatic carbocycles. The van der Waals surface area contributed by atoms with Crippen molar-refractivity contribution in [1.82, 2.24) is 4.98 Å². The molecule has 19 heavy (non-hydrogen) atoms. The number of rotatable bonds is 5. The number of ether oxygens (including phenoxy) is 1. The molecule has 2 N–H and O–H groups in total. The molecule has 0 fully saturated rings. The highest BCUT2D eigenvalue weighted by Gasteiger charge is 2.15. The molecule has 0 atom stereocenters. The fraction of sp³-hybridized carbons (Fsp3) is 0.357. The molecule has 5 heteroatoms. The molecule has 2 rings (SSSR count). The lowest BCUT2D eigenvalue weighted by molar-refractivity contribution is 0.154. The quantitative estimate of drug-likeness (QED) is 0.665. The molecule has 0 unspecified atom stereocenters. The van der Waals surface area contributed by atoms with Crippen molar-refractivity contribution in [1.29, 1.82) is 0 Å². The van der Waals surface area contributed by atoms with E-state index in [9.17, 15) is 4.39 Å². The summed E-state index contributed by atoms with van der Waals surface area (Å²) in [6.07, 6.45) is 1.64. The van der Waals surface area contributed by atoms with Crippen LogP contribution in [0.1, 0.15) is 6.92 Å². The van der Waals surface area contributed by atoms with Crippen molar-refractivity contribution in [3.8, 4) is 0 Å². The number of anilines is 2. The van der Waals surface area contributed by atoms with Gasteiger partial charge >= 0.3 is 0 Å². The van der Waals surface area contributed by atoms with Crippen molar-refractivity contribution in [2.45, 2.75) is 6.92 Å². The highest BCUT2D eigenvalue weighted by molar-refractivity contribution is 5.98. The summed E-state index contributed by atoms with van der Waals surface area (Å²) in [6, 6.07) is 4.98. The first-order chi connectivity index (χ1) is 9.15. The van der Waals surface area contributed by atoms with E-state index in [2.05, 4.69) is 4.98 Å². The lowest BCUT2D eigenvalue weighted by atomic mass is 10.1. The highest BCUT2D eigenvalue weighted by Crippen LogP contribution is 2.31. The number of nitrogens with two attached hydrogens (primary N) is 1. The maximum atomic E-state index is 14.1. The number of benzene rings is 1. The fourth-order valence-electron chi connectivity index (χ4n) is 2.04. The van der Waals surface area contributed by atoms with Crippen LogP contribution in [0.25, 0.3) is 10.9 Å². The van der Waals surface area contributed by atoms with Crippen LogP contribution < -0.4 is 10.6 Å². The van der Waals surface area contributed by atoms with Gasteiger partial charge in [-0.15, -0.1) is 0 Å². The number of hydrogen-bond acceptors (Lipinski definition) is 4. The van der Waals surface area contributed by atoms with E-state index in [-0.39, 0.29) is 5.82 Å². The molecule has 0 saturated heterocycles. The second kappa shape index (κ2) is 5.84. The summed E-state index contributed by atoms with van der Waals surface area (Å²) in [6.45, 7) is 3.73. The zero-order valence-corrected chi connectivity index (χ0v) is 11.2. The minimum Gasteiger partial charge on any atom is -0.398 e. The van der Waals surface area contributed by atoms with Gasteiger partial charge in [-0.25, -0.2) is 4.39 Å². The number of nitrogens with zero attached hydrogens (tertiary/aromatic N) is 2. The summed E-state index contributed by atoms with van der Waals surface area (Å²) < 4.78 is 19.4. The Morgan fingerprint density at radius 3 is 3.00 bits per heavy atom. The summed E-state index contributed by atoms with van der Waals surface area (Å²) >= 11 is 0. The molecule has 0 spiro atoms. The number of nitrogen functional groups attached to an aromatic ring is 1. The van der Waals surface area contributed by atoms with E-state index in [1.54, 1.807) is 17.2 Å². The second-order valence-electron chi connectivity index (χ2n) is 4.31. The van der Waals surface area contributed by atoms with Crippen LogP contribution in [0.2, 0.25) is 0 Å². The molecule has 1 heterocycles. The molecule has 0 bridgehead atoms. The van der Waals surface area contributed by atoms with Gasteiger partial charge < -0.3 is 15.4 Å². The first-order valence-electron chi connectivity index (χ1n) is 6.26. The largest absolute Gasteiger partial charge is 0.398 e. The third-order valence-electron chi connectivity index (χ3n) is 3.01. The van der Waals surface area contributed by atoms with E-state index in [4.69, 9.17) is 10.5 Å². The van der Waals surface area contributed by atoms with Gasteiger partial charge in [0.2, 0.25) is 0 Å². The Morgan fingerprint density at radius 2 is 2.26 bits per heavy atom. The van der Waals surface area contributed by atoms with Crippen LogP contribution in [0.3, 0.4) is 0 Å². The van der Waals surface area contributed by atoms with E-state index in [0.717, 1.165) is 5.39 Å². The Balaban J connectivity index is 2.41. The normalized spacial score (nSPS) is 10.9. The van der Waals surface area contributed by atoms with Crippen molar-refractivity contribution in [2.24, 2.45) is 0 Å². The Labute approximate surface area is 112 Å². The molecule has 4 nitrogen and oxygen atoms in total. The Hall–Kier alpha value is -1.88. The van der Waals surface area contributed by atoms with Crippen LogP contribution in [0.15, 0.2) is 24.4 Å². The van der Waals surface area contributed by atoms with Crippen molar-refractivity contribution in [3.63, 3.8) is 0 Å². The SMILES string of the molecule is CCOCCN(C)c1c(F)cc(N)c2cccnc12. The lowest BCUT2D eigenvalue weighted by Crippen LogP contribution is -2.24. The summed E-state index contributed by atoms with van der Waals surface area (Å²) in [5.74, 6) is -0.359. The van der Waals surface area contributed by atoms with Gasteiger partial charge in [0.15, 0.2) is 5.82 Å². The van der Waals surface area contributed by atoms with Gasteiger partial charge in [0.1, 0.15) is 0 Å². The third-order valence-corrected chi connectivity index (χ3v) is 3.01. The molecule has 1 aromatic carbocycles. The molecular formula is C14H18FN3O. The smallest absolute Gasteiger partial charge is 0.150 e. The lowest BCUT2D eigenvalue weighted by Gasteiger charge is -2.21.